The SMILES string of the molecule is CCc1ccc(NC(=O)C(=O)NCc2ccc(C(C)(C)C)cc2)cc1. The molecular formula is C21H26N2O2. The lowest BCUT2D eigenvalue weighted by Gasteiger charge is -2.19. The molecule has 2 aromatic carbocycles. The van der Waals surface area contributed by atoms with Crippen molar-refractivity contribution in [3.05, 3.63) is 65.2 Å². The molecule has 0 saturated carbocycles. The van der Waals surface area contributed by atoms with Gasteiger partial charge in [0, 0.05) is 12.2 Å². The minimum atomic E-state index is -0.657. The van der Waals surface area contributed by atoms with Crippen LogP contribution >= 0.6 is 0 Å². The molecule has 25 heavy (non-hydrogen) atoms. The predicted molar refractivity (Wildman–Crippen MR) is 101 cm³/mol. The lowest BCUT2D eigenvalue weighted by molar-refractivity contribution is -0.136. The van der Waals surface area contributed by atoms with E-state index in [1.54, 1.807) is 12.1 Å². The predicted octanol–water partition coefficient (Wildman–Crippen LogP) is 3.80. The molecule has 4 heteroatoms. The normalized spacial score (nSPS) is 11.0. The van der Waals surface area contributed by atoms with Gasteiger partial charge in [-0.15, -0.1) is 0 Å². The smallest absolute Gasteiger partial charge is 0.313 e. The number of nitrogens with one attached hydrogen (secondary N) is 2. The topological polar surface area (TPSA) is 58.2 Å². The van der Waals surface area contributed by atoms with Gasteiger partial charge in [0.2, 0.25) is 0 Å². The van der Waals surface area contributed by atoms with Crippen LogP contribution in [-0.2, 0) is 28.0 Å². The lowest BCUT2D eigenvalue weighted by atomic mass is 9.87. The fourth-order valence-corrected chi connectivity index (χ4v) is 2.40. The average molecular weight is 338 g/mol. The van der Waals surface area contributed by atoms with Gasteiger partial charge >= 0.3 is 11.8 Å². The molecule has 2 amide bonds. The maximum absolute atomic E-state index is 12.0. The second-order valence-corrected chi connectivity index (χ2v) is 7.13. The maximum atomic E-state index is 12.0. The fourth-order valence-electron chi connectivity index (χ4n) is 2.40. The highest BCUT2D eigenvalue weighted by molar-refractivity contribution is 6.39. The van der Waals surface area contributed by atoms with E-state index < -0.39 is 11.8 Å². The molecule has 4 nitrogen and oxygen atoms in total. The summed E-state index contributed by atoms with van der Waals surface area (Å²) >= 11 is 0. The van der Waals surface area contributed by atoms with Crippen LogP contribution in [0.2, 0.25) is 0 Å². The van der Waals surface area contributed by atoms with E-state index in [1.807, 2.05) is 24.3 Å². The van der Waals surface area contributed by atoms with Crippen molar-refractivity contribution in [2.45, 2.75) is 46.1 Å². The summed E-state index contributed by atoms with van der Waals surface area (Å²) in [4.78, 5) is 23.9. The van der Waals surface area contributed by atoms with Crippen LogP contribution in [0.25, 0.3) is 0 Å². The third kappa shape index (κ3) is 5.45. The van der Waals surface area contributed by atoms with Crippen molar-refractivity contribution in [2.75, 3.05) is 5.32 Å². The van der Waals surface area contributed by atoms with Gasteiger partial charge in [-0.3, -0.25) is 9.59 Å². The third-order valence-electron chi connectivity index (χ3n) is 4.10. The summed E-state index contributed by atoms with van der Waals surface area (Å²) < 4.78 is 0. The standard InChI is InChI=1S/C21H26N2O2/c1-5-15-8-12-18(13-9-15)23-20(25)19(24)22-14-16-6-10-17(11-7-16)21(2,3)4/h6-13H,5,14H2,1-4H3,(H,22,24)(H,23,25). The van der Waals surface area contributed by atoms with Crippen LogP contribution in [0, 0.1) is 0 Å². The molecule has 0 radical (unpaired) electrons. The first-order valence-corrected chi connectivity index (χ1v) is 8.57. The Hall–Kier alpha value is -2.62. The molecule has 0 aromatic heterocycles. The van der Waals surface area contributed by atoms with Crippen LogP contribution in [0.3, 0.4) is 0 Å². The van der Waals surface area contributed by atoms with Crippen molar-refractivity contribution >= 4 is 17.5 Å². The number of hydrogen-bond acceptors (Lipinski definition) is 2. The zero-order valence-electron chi connectivity index (χ0n) is 15.3. The van der Waals surface area contributed by atoms with E-state index in [9.17, 15) is 9.59 Å². The molecule has 0 aliphatic heterocycles. The molecule has 0 unspecified atom stereocenters. The monoisotopic (exact) mass is 338 g/mol. The Morgan fingerprint density at radius 2 is 1.40 bits per heavy atom. The summed E-state index contributed by atoms with van der Waals surface area (Å²) in [6.07, 6.45) is 0.933. The molecule has 2 aromatic rings. The molecule has 0 saturated heterocycles. The third-order valence-corrected chi connectivity index (χ3v) is 4.10. The van der Waals surface area contributed by atoms with E-state index in [2.05, 4.69) is 50.5 Å². The van der Waals surface area contributed by atoms with Gasteiger partial charge < -0.3 is 10.6 Å². The highest BCUT2D eigenvalue weighted by atomic mass is 16.2. The molecule has 132 valence electrons. The molecule has 0 aliphatic rings. The van der Waals surface area contributed by atoms with E-state index in [0.29, 0.717) is 12.2 Å². The van der Waals surface area contributed by atoms with Crippen LogP contribution in [0.4, 0.5) is 5.69 Å². The van der Waals surface area contributed by atoms with Crippen molar-refractivity contribution in [1.29, 1.82) is 0 Å². The molecule has 2 N–H and O–H groups in total. The molecular weight excluding hydrogens is 312 g/mol. The van der Waals surface area contributed by atoms with Crippen LogP contribution in [0.1, 0.15) is 44.4 Å². The molecule has 0 atom stereocenters. The lowest BCUT2D eigenvalue weighted by Crippen LogP contribution is -2.34. The largest absolute Gasteiger partial charge is 0.344 e. The van der Waals surface area contributed by atoms with Gasteiger partial charge in [0.15, 0.2) is 0 Å². The zero-order chi connectivity index (χ0) is 18.4. The van der Waals surface area contributed by atoms with Crippen molar-refractivity contribution in [1.82, 2.24) is 5.32 Å². The quantitative estimate of drug-likeness (QED) is 0.833. The summed E-state index contributed by atoms with van der Waals surface area (Å²) in [7, 11) is 0. The Balaban J connectivity index is 1.87. The highest BCUT2D eigenvalue weighted by Gasteiger charge is 2.15. The number of carbonyl (C=O) groups excluding carboxylic acids is 2. The number of carbonyl (C=O) groups is 2. The van der Waals surface area contributed by atoms with Crippen LogP contribution in [-0.4, -0.2) is 11.8 Å². The van der Waals surface area contributed by atoms with Crippen LogP contribution in [0.15, 0.2) is 48.5 Å². The number of rotatable bonds is 4. The Labute approximate surface area is 149 Å². The van der Waals surface area contributed by atoms with Crippen molar-refractivity contribution in [2.24, 2.45) is 0 Å². The van der Waals surface area contributed by atoms with Crippen molar-refractivity contribution in [3.8, 4) is 0 Å². The summed E-state index contributed by atoms with van der Waals surface area (Å²) in [6.45, 7) is 8.85. The van der Waals surface area contributed by atoms with E-state index in [4.69, 9.17) is 0 Å². The highest BCUT2D eigenvalue weighted by Crippen LogP contribution is 2.22. The number of amides is 2. The number of hydrogen-bond donors (Lipinski definition) is 2. The Morgan fingerprint density at radius 3 is 1.92 bits per heavy atom. The number of benzene rings is 2. The minimum absolute atomic E-state index is 0.0923. The second kappa shape index (κ2) is 7.97. The van der Waals surface area contributed by atoms with Gasteiger partial charge in [-0.1, -0.05) is 64.1 Å². The molecule has 0 heterocycles. The van der Waals surface area contributed by atoms with E-state index >= 15 is 0 Å². The van der Waals surface area contributed by atoms with Gasteiger partial charge in [-0.05, 0) is 40.7 Å². The average Bonchev–Trinajstić information content (AvgIpc) is 2.60. The van der Waals surface area contributed by atoms with Crippen LogP contribution in [0.5, 0.6) is 0 Å². The van der Waals surface area contributed by atoms with Gasteiger partial charge in [0.05, 0.1) is 0 Å². The van der Waals surface area contributed by atoms with E-state index in [1.165, 1.54) is 11.1 Å². The van der Waals surface area contributed by atoms with Gasteiger partial charge in [0.25, 0.3) is 0 Å². The Bertz CT molecular complexity index is 726. The first kappa shape index (κ1) is 18.7. The summed E-state index contributed by atoms with van der Waals surface area (Å²) in [6, 6.07) is 15.5. The fraction of sp³-hybridized carbons (Fsp3) is 0.333. The molecule has 2 rings (SSSR count). The van der Waals surface area contributed by atoms with Gasteiger partial charge in [0.1, 0.15) is 0 Å². The zero-order valence-corrected chi connectivity index (χ0v) is 15.3. The Kier molecular flexibility index (Phi) is 5.97. The summed E-state index contributed by atoms with van der Waals surface area (Å²) in [5.74, 6) is -1.30. The summed E-state index contributed by atoms with van der Waals surface area (Å²) in [5, 5.41) is 5.26. The van der Waals surface area contributed by atoms with Crippen molar-refractivity contribution in [3.63, 3.8) is 0 Å². The number of aryl methyl sites for hydroxylation is 1. The molecule has 0 bridgehead atoms. The van der Waals surface area contributed by atoms with Gasteiger partial charge in [-0.2, -0.15) is 0 Å². The molecule has 0 aliphatic carbocycles. The van der Waals surface area contributed by atoms with E-state index in [-0.39, 0.29) is 5.41 Å². The van der Waals surface area contributed by atoms with Crippen molar-refractivity contribution < 1.29 is 9.59 Å². The van der Waals surface area contributed by atoms with Gasteiger partial charge in [-0.25, -0.2) is 0 Å². The second-order valence-electron chi connectivity index (χ2n) is 7.13. The van der Waals surface area contributed by atoms with E-state index in [0.717, 1.165) is 12.0 Å². The number of anilines is 1. The Morgan fingerprint density at radius 1 is 0.840 bits per heavy atom. The minimum Gasteiger partial charge on any atom is -0.344 e. The van der Waals surface area contributed by atoms with Crippen LogP contribution < -0.4 is 10.6 Å². The first-order chi connectivity index (χ1) is 11.8. The summed E-state index contributed by atoms with van der Waals surface area (Å²) in [5.41, 5.74) is 4.08. The maximum Gasteiger partial charge on any atom is 0.313 e. The molecule has 0 fully saturated rings. The molecule has 0 spiro atoms. The first-order valence-electron chi connectivity index (χ1n) is 8.57.